The molecular formula is C15H19N3O7. The van der Waals surface area contributed by atoms with Gasteiger partial charge in [0.05, 0.1) is 17.3 Å². The summed E-state index contributed by atoms with van der Waals surface area (Å²) in [4.78, 5) is 22.0. The van der Waals surface area contributed by atoms with Gasteiger partial charge >= 0.3 is 0 Å². The number of pyridine rings is 1. The van der Waals surface area contributed by atoms with E-state index in [1.165, 1.54) is 15.8 Å². The van der Waals surface area contributed by atoms with Gasteiger partial charge in [-0.05, 0) is 18.9 Å². The van der Waals surface area contributed by atoms with Crippen LogP contribution in [-0.4, -0.2) is 57.3 Å². The van der Waals surface area contributed by atoms with E-state index in [9.17, 15) is 30.1 Å². The van der Waals surface area contributed by atoms with Gasteiger partial charge in [0.25, 0.3) is 6.23 Å². The Morgan fingerprint density at radius 2 is 2.08 bits per heavy atom. The molecule has 25 heavy (non-hydrogen) atoms. The molecule has 10 heteroatoms. The molecule has 0 aliphatic carbocycles. The Kier molecular flexibility index (Phi) is 4.95. The van der Waals surface area contributed by atoms with Gasteiger partial charge in [0.15, 0.2) is 18.5 Å². The van der Waals surface area contributed by atoms with Gasteiger partial charge in [0.2, 0.25) is 0 Å². The Morgan fingerprint density at radius 3 is 2.76 bits per heavy atom. The van der Waals surface area contributed by atoms with Crippen molar-refractivity contribution in [1.29, 1.82) is 0 Å². The number of carboxylic acid groups (broad SMARTS) is 1. The molecule has 3 heterocycles. The Morgan fingerprint density at radius 1 is 1.32 bits per heavy atom. The van der Waals surface area contributed by atoms with E-state index in [4.69, 9.17) is 4.74 Å². The lowest BCUT2D eigenvalue weighted by Crippen LogP contribution is -2.65. The first-order valence-corrected chi connectivity index (χ1v) is 7.95. The lowest BCUT2D eigenvalue weighted by Gasteiger charge is -2.37. The van der Waals surface area contributed by atoms with Crippen LogP contribution in [0, 0.1) is 4.91 Å². The monoisotopic (exact) mass is 353 g/mol. The average molecular weight is 353 g/mol. The first-order valence-electron chi connectivity index (χ1n) is 7.95. The fraction of sp³-hybridized carbons (Fsp3) is 0.600. The second kappa shape index (κ2) is 7.00. The van der Waals surface area contributed by atoms with Gasteiger partial charge in [-0.2, -0.15) is 4.57 Å². The number of hydrogen-bond acceptors (Lipinski definition) is 8. The molecule has 1 aromatic rings. The predicted molar refractivity (Wildman–Crippen MR) is 78.1 cm³/mol. The van der Waals surface area contributed by atoms with Crippen molar-refractivity contribution in [3.63, 3.8) is 0 Å². The molecule has 2 aliphatic heterocycles. The predicted octanol–water partition coefficient (Wildman–Crippen LogP) is -2.48. The van der Waals surface area contributed by atoms with Gasteiger partial charge in [0.1, 0.15) is 18.3 Å². The molecule has 0 saturated carbocycles. The third kappa shape index (κ3) is 3.21. The molecule has 2 aliphatic rings. The van der Waals surface area contributed by atoms with E-state index >= 15 is 0 Å². The van der Waals surface area contributed by atoms with E-state index in [1.54, 1.807) is 18.3 Å². The van der Waals surface area contributed by atoms with Gasteiger partial charge in [-0.25, -0.2) is 0 Å². The highest BCUT2D eigenvalue weighted by Gasteiger charge is 2.49. The van der Waals surface area contributed by atoms with E-state index in [-0.39, 0.29) is 6.04 Å². The van der Waals surface area contributed by atoms with Crippen molar-refractivity contribution in [2.45, 2.75) is 49.5 Å². The zero-order valence-electron chi connectivity index (χ0n) is 13.2. The number of aliphatic hydroxyl groups is 3. The summed E-state index contributed by atoms with van der Waals surface area (Å²) in [7, 11) is 0. The SMILES string of the molecule is O=NN1CCC[C@H]1c1ccc[n+](C2OC(C(=O)[O-])C(O)C(O)C2O)c1. The lowest BCUT2D eigenvalue weighted by atomic mass is 9.97. The van der Waals surface area contributed by atoms with Crippen molar-refractivity contribution in [3.05, 3.63) is 35.0 Å². The Balaban J connectivity index is 1.89. The quantitative estimate of drug-likeness (QED) is 0.398. The number of nitrogens with zero attached hydrogens (tertiary/aromatic N) is 3. The zero-order chi connectivity index (χ0) is 18.1. The molecule has 2 saturated heterocycles. The molecule has 6 atom stereocenters. The Hall–Kier alpha value is -2.14. The van der Waals surface area contributed by atoms with Crippen LogP contribution in [0.5, 0.6) is 0 Å². The molecule has 2 fully saturated rings. The van der Waals surface area contributed by atoms with Crippen molar-refractivity contribution in [3.8, 4) is 0 Å². The average Bonchev–Trinajstić information content (AvgIpc) is 3.08. The van der Waals surface area contributed by atoms with Gasteiger partial charge < -0.3 is 30.0 Å². The van der Waals surface area contributed by atoms with Crippen LogP contribution in [0.1, 0.15) is 30.7 Å². The molecule has 0 spiro atoms. The molecule has 0 aromatic carbocycles. The normalized spacial score (nSPS) is 35.6. The van der Waals surface area contributed by atoms with Gasteiger partial charge in [-0.3, -0.25) is 5.01 Å². The molecule has 0 bridgehead atoms. The second-order valence-corrected chi connectivity index (χ2v) is 6.23. The molecule has 0 radical (unpaired) electrons. The Labute approximate surface area is 142 Å². The minimum absolute atomic E-state index is 0.224. The van der Waals surface area contributed by atoms with Crippen molar-refractivity contribution >= 4 is 5.97 Å². The molecule has 136 valence electrons. The number of aromatic nitrogens is 1. The van der Waals surface area contributed by atoms with Crippen LogP contribution in [-0.2, 0) is 9.53 Å². The maximum Gasteiger partial charge on any atom is 0.292 e. The molecule has 1 aromatic heterocycles. The van der Waals surface area contributed by atoms with Gasteiger partial charge in [0, 0.05) is 18.2 Å². The molecule has 0 amide bonds. The van der Waals surface area contributed by atoms with Crippen LogP contribution in [0.15, 0.2) is 29.8 Å². The number of rotatable bonds is 4. The summed E-state index contributed by atoms with van der Waals surface area (Å²) < 4.78 is 6.64. The number of ether oxygens (including phenoxy) is 1. The van der Waals surface area contributed by atoms with Crippen LogP contribution in [0.25, 0.3) is 0 Å². The first-order chi connectivity index (χ1) is 11.9. The number of carbonyl (C=O) groups is 1. The number of aliphatic hydroxyl groups excluding tert-OH is 3. The molecular weight excluding hydrogens is 334 g/mol. The highest BCUT2D eigenvalue weighted by molar-refractivity contribution is 5.71. The highest BCUT2D eigenvalue weighted by atomic mass is 16.6. The summed E-state index contributed by atoms with van der Waals surface area (Å²) >= 11 is 0. The van der Waals surface area contributed by atoms with Crippen LogP contribution in [0.2, 0.25) is 0 Å². The maximum atomic E-state index is 11.1. The van der Waals surface area contributed by atoms with E-state index in [0.717, 1.165) is 18.4 Å². The van der Waals surface area contributed by atoms with Crippen LogP contribution in [0.3, 0.4) is 0 Å². The summed E-state index contributed by atoms with van der Waals surface area (Å²) in [6.45, 7) is 0.545. The number of carboxylic acids is 1. The number of aliphatic carboxylic acids is 1. The second-order valence-electron chi connectivity index (χ2n) is 6.23. The van der Waals surface area contributed by atoms with Gasteiger partial charge in [-0.1, -0.05) is 0 Å². The highest BCUT2D eigenvalue weighted by Crippen LogP contribution is 2.32. The Bertz CT molecular complexity index is 658. The lowest BCUT2D eigenvalue weighted by molar-refractivity contribution is -0.777. The number of carbonyl (C=O) groups excluding carboxylic acids is 1. The van der Waals surface area contributed by atoms with Crippen molar-refractivity contribution < 1.29 is 34.5 Å². The van der Waals surface area contributed by atoms with Crippen molar-refractivity contribution in [2.24, 2.45) is 5.29 Å². The molecule has 5 unspecified atom stereocenters. The fourth-order valence-electron chi connectivity index (χ4n) is 3.36. The summed E-state index contributed by atoms with van der Waals surface area (Å²) in [5.74, 6) is -1.69. The van der Waals surface area contributed by atoms with Crippen LogP contribution in [0.4, 0.5) is 0 Å². The fourth-order valence-corrected chi connectivity index (χ4v) is 3.36. The van der Waals surface area contributed by atoms with Crippen LogP contribution >= 0.6 is 0 Å². The van der Waals surface area contributed by atoms with Crippen molar-refractivity contribution in [2.75, 3.05) is 6.54 Å². The topological polar surface area (TPSA) is 147 Å². The standard InChI is InChI=1S/C15H19N3O7/c19-10-11(20)13(15(22)23)25-14(12(10)21)17-5-1-3-8(7-17)9-4-2-6-18(9)16-24/h1,3,5,7,9-14,19-21H,2,4,6H2/t9-,10?,11?,12?,13?,14?/m0/s1. The van der Waals surface area contributed by atoms with E-state index in [0.29, 0.717) is 6.54 Å². The minimum Gasteiger partial charge on any atom is -0.547 e. The summed E-state index contributed by atoms with van der Waals surface area (Å²) in [6, 6.07) is 3.21. The zero-order valence-corrected chi connectivity index (χ0v) is 13.2. The van der Waals surface area contributed by atoms with E-state index < -0.39 is 36.6 Å². The van der Waals surface area contributed by atoms with E-state index in [1.807, 2.05) is 0 Å². The number of nitroso groups, excluding NO2 is 1. The van der Waals surface area contributed by atoms with Crippen molar-refractivity contribution in [1.82, 2.24) is 5.01 Å². The molecule has 3 rings (SSSR count). The smallest absolute Gasteiger partial charge is 0.292 e. The molecule has 10 nitrogen and oxygen atoms in total. The molecule has 3 N–H and O–H groups in total. The largest absolute Gasteiger partial charge is 0.547 e. The van der Waals surface area contributed by atoms with E-state index in [2.05, 4.69) is 5.29 Å². The number of hydrogen-bond donors (Lipinski definition) is 3. The summed E-state index contributed by atoms with van der Waals surface area (Å²) in [5.41, 5.74) is 0.737. The third-order valence-corrected chi connectivity index (χ3v) is 4.67. The third-order valence-electron chi connectivity index (χ3n) is 4.67. The summed E-state index contributed by atoms with van der Waals surface area (Å²) in [5, 5.41) is 45.3. The van der Waals surface area contributed by atoms with Crippen LogP contribution < -0.4 is 9.67 Å². The minimum atomic E-state index is -1.80. The maximum absolute atomic E-state index is 11.1. The van der Waals surface area contributed by atoms with Gasteiger partial charge in [-0.15, -0.1) is 4.91 Å². The summed E-state index contributed by atoms with van der Waals surface area (Å²) in [6.07, 6.45) is -3.41. The first kappa shape index (κ1) is 17.7.